The second-order valence-corrected chi connectivity index (χ2v) is 9.48. The molecule has 0 aliphatic carbocycles. The Bertz CT molecular complexity index is 982. The van der Waals surface area contributed by atoms with E-state index in [1.165, 1.54) is 11.3 Å². The van der Waals surface area contributed by atoms with Crippen molar-refractivity contribution < 1.29 is 8.42 Å². The molecule has 1 aliphatic heterocycles. The first-order valence-electron chi connectivity index (χ1n) is 8.53. The Hall–Kier alpha value is -2.03. The molecule has 6 nitrogen and oxygen atoms in total. The predicted octanol–water partition coefficient (Wildman–Crippen LogP) is 3.22. The van der Waals surface area contributed by atoms with Gasteiger partial charge in [-0.1, -0.05) is 12.1 Å². The number of imidazole rings is 1. The van der Waals surface area contributed by atoms with E-state index in [4.69, 9.17) is 0 Å². The first-order chi connectivity index (χ1) is 12.6. The van der Waals surface area contributed by atoms with Gasteiger partial charge in [-0.3, -0.25) is 4.98 Å². The maximum atomic E-state index is 13.0. The Morgan fingerprint density at radius 3 is 2.88 bits per heavy atom. The van der Waals surface area contributed by atoms with Crippen LogP contribution < -0.4 is 0 Å². The van der Waals surface area contributed by atoms with E-state index in [-0.39, 0.29) is 6.04 Å². The summed E-state index contributed by atoms with van der Waals surface area (Å²) in [7, 11) is -3.49. The van der Waals surface area contributed by atoms with Gasteiger partial charge in [0.2, 0.25) is 0 Å². The third-order valence-electron chi connectivity index (χ3n) is 4.71. The summed E-state index contributed by atoms with van der Waals surface area (Å²) in [5, 5.41) is 1.80. The Labute approximate surface area is 157 Å². The lowest BCUT2D eigenvalue weighted by Crippen LogP contribution is -2.31. The second kappa shape index (κ2) is 6.94. The van der Waals surface area contributed by atoms with E-state index in [1.807, 2.05) is 31.5 Å². The van der Waals surface area contributed by atoms with Gasteiger partial charge in [-0.15, -0.1) is 11.3 Å². The van der Waals surface area contributed by atoms with Crippen LogP contribution in [0.4, 0.5) is 0 Å². The molecule has 4 heterocycles. The molecule has 0 aromatic carbocycles. The van der Waals surface area contributed by atoms with Crippen molar-refractivity contribution in [3.05, 3.63) is 65.3 Å². The molecule has 1 atom stereocenters. The summed E-state index contributed by atoms with van der Waals surface area (Å²) < 4.78 is 30.2. The van der Waals surface area contributed by atoms with Gasteiger partial charge in [0.1, 0.15) is 10.0 Å². The highest BCUT2D eigenvalue weighted by atomic mass is 32.2. The maximum Gasteiger partial charge on any atom is 0.253 e. The van der Waals surface area contributed by atoms with Gasteiger partial charge >= 0.3 is 0 Å². The molecule has 4 rings (SSSR count). The number of aryl methyl sites for hydroxylation is 1. The van der Waals surface area contributed by atoms with Crippen LogP contribution in [0.2, 0.25) is 0 Å². The molecule has 0 radical (unpaired) electrons. The molecule has 1 unspecified atom stereocenters. The fourth-order valence-corrected chi connectivity index (χ4v) is 6.21. The van der Waals surface area contributed by atoms with Crippen molar-refractivity contribution in [2.75, 3.05) is 6.54 Å². The van der Waals surface area contributed by atoms with E-state index in [9.17, 15) is 8.42 Å². The molecule has 0 N–H and O–H groups in total. The fraction of sp³-hybridized carbons (Fsp3) is 0.333. The summed E-state index contributed by atoms with van der Waals surface area (Å²) in [6.07, 6.45) is 7.03. The zero-order chi connectivity index (χ0) is 18.1. The third kappa shape index (κ3) is 3.08. The average Bonchev–Trinajstić information content (AvgIpc) is 3.37. The van der Waals surface area contributed by atoms with E-state index in [0.29, 0.717) is 17.3 Å². The Morgan fingerprint density at radius 2 is 2.15 bits per heavy atom. The van der Waals surface area contributed by atoms with Crippen molar-refractivity contribution >= 4 is 21.4 Å². The topological polar surface area (TPSA) is 68.1 Å². The highest BCUT2D eigenvalue weighted by Crippen LogP contribution is 2.37. The van der Waals surface area contributed by atoms with Gasteiger partial charge in [0.15, 0.2) is 0 Å². The van der Waals surface area contributed by atoms with Crippen LogP contribution in [-0.2, 0) is 16.6 Å². The van der Waals surface area contributed by atoms with Crippen LogP contribution >= 0.6 is 11.3 Å². The lowest BCUT2D eigenvalue weighted by atomic mass is 10.2. The quantitative estimate of drug-likeness (QED) is 0.673. The first-order valence-corrected chi connectivity index (χ1v) is 10.9. The molecule has 8 heteroatoms. The van der Waals surface area contributed by atoms with E-state index in [1.54, 1.807) is 28.0 Å². The number of sulfonamides is 1. The number of nitrogens with zero attached hydrogens (tertiary/aromatic N) is 4. The van der Waals surface area contributed by atoms with Gasteiger partial charge in [0.25, 0.3) is 10.0 Å². The largest absolute Gasteiger partial charge is 0.327 e. The van der Waals surface area contributed by atoms with Crippen LogP contribution in [0.1, 0.15) is 36.0 Å². The molecular formula is C18H20N4O2S2. The zero-order valence-corrected chi connectivity index (χ0v) is 16.1. The van der Waals surface area contributed by atoms with Crippen molar-refractivity contribution in [3.63, 3.8) is 0 Å². The summed E-state index contributed by atoms with van der Waals surface area (Å²) in [6.45, 7) is 3.17. The van der Waals surface area contributed by atoms with Crippen molar-refractivity contribution in [1.82, 2.24) is 18.8 Å². The molecule has 3 aromatic rings. The minimum absolute atomic E-state index is 0.229. The number of hydrogen-bond donors (Lipinski definition) is 0. The fourth-order valence-electron chi connectivity index (χ4n) is 3.44. The molecule has 0 bridgehead atoms. The van der Waals surface area contributed by atoms with E-state index in [0.717, 1.165) is 29.9 Å². The highest BCUT2D eigenvalue weighted by Gasteiger charge is 2.39. The van der Waals surface area contributed by atoms with Crippen molar-refractivity contribution in [2.45, 2.75) is 36.6 Å². The Balaban J connectivity index is 1.69. The number of aromatic nitrogens is 3. The molecule has 1 aliphatic rings. The number of thiophene rings is 1. The van der Waals surface area contributed by atoms with Crippen molar-refractivity contribution in [1.29, 1.82) is 0 Å². The third-order valence-corrected chi connectivity index (χ3v) is 7.99. The smallest absolute Gasteiger partial charge is 0.253 e. The average molecular weight is 389 g/mol. The van der Waals surface area contributed by atoms with Crippen LogP contribution in [0.25, 0.3) is 0 Å². The number of rotatable bonds is 5. The lowest BCUT2D eigenvalue weighted by Gasteiger charge is -2.24. The van der Waals surface area contributed by atoms with Gasteiger partial charge in [0, 0.05) is 30.8 Å². The SMILES string of the molecule is Cc1cnc(C2CCCN2S(=O)(=O)c2cccs2)n1Cc1cccnc1. The molecule has 26 heavy (non-hydrogen) atoms. The molecule has 0 amide bonds. The van der Waals surface area contributed by atoms with Crippen molar-refractivity contribution in [3.8, 4) is 0 Å². The summed E-state index contributed by atoms with van der Waals surface area (Å²) >= 11 is 1.26. The molecule has 0 saturated carbocycles. The van der Waals surface area contributed by atoms with Gasteiger partial charge in [0.05, 0.1) is 12.6 Å². The van der Waals surface area contributed by atoms with Crippen LogP contribution in [0.3, 0.4) is 0 Å². The van der Waals surface area contributed by atoms with Crippen LogP contribution in [0.5, 0.6) is 0 Å². The van der Waals surface area contributed by atoms with Gasteiger partial charge in [-0.2, -0.15) is 4.31 Å². The van der Waals surface area contributed by atoms with Crippen LogP contribution in [0, 0.1) is 6.92 Å². The Morgan fingerprint density at radius 1 is 1.27 bits per heavy atom. The number of hydrogen-bond acceptors (Lipinski definition) is 5. The highest BCUT2D eigenvalue weighted by molar-refractivity contribution is 7.91. The summed E-state index contributed by atoms with van der Waals surface area (Å²) in [5.74, 6) is 0.809. The molecule has 1 saturated heterocycles. The standard InChI is InChI=1S/C18H20N4O2S2/c1-14-11-20-18(21(14)13-15-5-2-8-19-12-15)16-6-3-9-22(16)26(23,24)17-7-4-10-25-17/h2,4-5,7-8,10-12,16H,3,6,9,13H2,1H3. The molecule has 0 spiro atoms. The van der Waals surface area contributed by atoms with Gasteiger partial charge in [-0.25, -0.2) is 13.4 Å². The lowest BCUT2D eigenvalue weighted by molar-refractivity contribution is 0.375. The van der Waals surface area contributed by atoms with Crippen molar-refractivity contribution in [2.24, 2.45) is 0 Å². The maximum absolute atomic E-state index is 13.0. The second-order valence-electron chi connectivity index (χ2n) is 6.41. The summed E-state index contributed by atoms with van der Waals surface area (Å²) in [6, 6.07) is 7.14. The first kappa shape index (κ1) is 17.4. The van der Waals surface area contributed by atoms with Gasteiger partial charge < -0.3 is 4.57 Å². The minimum atomic E-state index is -3.49. The van der Waals surface area contributed by atoms with Crippen LogP contribution in [0.15, 0.2) is 52.4 Å². The molecular weight excluding hydrogens is 368 g/mol. The molecule has 136 valence electrons. The summed E-state index contributed by atoms with van der Waals surface area (Å²) in [4.78, 5) is 8.75. The number of pyridine rings is 1. The summed E-state index contributed by atoms with van der Waals surface area (Å²) in [5.41, 5.74) is 2.09. The van der Waals surface area contributed by atoms with Crippen LogP contribution in [-0.4, -0.2) is 33.8 Å². The van der Waals surface area contributed by atoms with E-state index >= 15 is 0 Å². The van der Waals surface area contributed by atoms with Gasteiger partial charge in [-0.05, 0) is 42.8 Å². The van der Waals surface area contributed by atoms with E-state index in [2.05, 4.69) is 14.5 Å². The Kier molecular flexibility index (Phi) is 4.64. The molecule has 1 fully saturated rings. The minimum Gasteiger partial charge on any atom is -0.327 e. The zero-order valence-electron chi connectivity index (χ0n) is 14.4. The van der Waals surface area contributed by atoms with E-state index < -0.39 is 10.0 Å². The monoisotopic (exact) mass is 388 g/mol. The predicted molar refractivity (Wildman–Crippen MR) is 100 cm³/mol. The molecule has 3 aromatic heterocycles. The normalized spacial score (nSPS) is 18.4.